The van der Waals surface area contributed by atoms with Gasteiger partial charge in [-0.05, 0) is 31.4 Å². The van der Waals surface area contributed by atoms with E-state index in [1.165, 1.54) is 21.2 Å². The fourth-order valence-corrected chi connectivity index (χ4v) is 4.26. The minimum atomic E-state index is -0.629. The van der Waals surface area contributed by atoms with Crippen LogP contribution in [0.25, 0.3) is 11.1 Å². The Morgan fingerprint density at radius 3 is 2.67 bits per heavy atom. The van der Waals surface area contributed by atoms with Crippen LogP contribution in [0.4, 0.5) is 11.5 Å². The van der Waals surface area contributed by atoms with Gasteiger partial charge in [0.1, 0.15) is 11.3 Å². The number of hydrogen-bond acceptors (Lipinski definition) is 7. The molecule has 2 heterocycles. The van der Waals surface area contributed by atoms with E-state index in [1.54, 1.807) is 0 Å². The van der Waals surface area contributed by atoms with Crippen LogP contribution in [0.2, 0.25) is 0 Å². The summed E-state index contributed by atoms with van der Waals surface area (Å²) in [5.41, 5.74) is 6.65. The molecule has 0 fully saturated rings. The highest BCUT2D eigenvalue weighted by atomic mass is 32.2. The number of oxazole rings is 1. The van der Waals surface area contributed by atoms with Gasteiger partial charge in [0.2, 0.25) is 5.91 Å². The van der Waals surface area contributed by atoms with Crippen LogP contribution < -0.4 is 21.9 Å². The Labute approximate surface area is 196 Å². The number of para-hydroxylation sites is 2. The number of nitrogens with zero attached hydrogens (tertiary/aromatic N) is 3. The third kappa shape index (κ3) is 6.07. The van der Waals surface area contributed by atoms with Crippen molar-refractivity contribution in [2.45, 2.75) is 64.1 Å². The van der Waals surface area contributed by atoms with Crippen molar-refractivity contribution in [3.8, 4) is 0 Å². The van der Waals surface area contributed by atoms with Crippen LogP contribution in [0.15, 0.2) is 43.5 Å². The Bertz CT molecular complexity index is 1170. The maximum Gasteiger partial charge on any atom is 0.330 e. The first-order valence-corrected chi connectivity index (χ1v) is 12.4. The fourth-order valence-electron chi connectivity index (χ4n) is 3.48. The number of rotatable bonds is 12. The number of thioether (sulfide) groups is 1. The van der Waals surface area contributed by atoms with Crippen molar-refractivity contribution in [2.75, 3.05) is 22.9 Å². The molecule has 0 radical (unpaired) electrons. The van der Waals surface area contributed by atoms with Crippen molar-refractivity contribution in [3.63, 3.8) is 0 Å². The summed E-state index contributed by atoms with van der Waals surface area (Å²) < 4.78 is 7.04. The van der Waals surface area contributed by atoms with Crippen LogP contribution in [0, 0.1) is 0 Å². The molecule has 0 saturated heterocycles. The average Bonchev–Trinajstić information content (AvgIpc) is 3.21. The first kappa shape index (κ1) is 24.6. The largest absolute Gasteiger partial charge is 0.431 e. The summed E-state index contributed by atoms with van der Waals surface area (Å²) in [6.07, 6.45) is 4.01. The third-order valence-electron chi connectivity index (χ3n) is 5.29. The Morgan fingerprint density at radius 2 is 1.94 bits per heavy atom. The summed E-state index contributed by atoms with van der Waals surface area (Å²) >= 11 is 1.45. The van der Waals surface area contributed by atoms with E-state index in [0.717, 1.165) is 36.8 Å². The number of amides is 1. The SMILES string of the molecule is CCCCN(C(=O)CCCSc1nc2ccccc2o1)c1c(N)n(CCCC)c(=O)[nH]c1=O. The summed E-state index contributed by atoms with van der Waals surface area (Å²) in [6, 6.07) is 7.55. The van der Waals surface area contributed by atoms with Gasteiger partial charge in [0.25, 0.3) is 10.8 Å². The van der Waals surface area contributed by atoms with E-state index in [9.17, 15) is 14.4 Å². The standard InChI is InChI=1S/C23H31N5O4S/c1-3-5-13-27(19-20(24)28(14-6-4-2)22(31)26-21(19)30)18(29)12-9-15-33-23-25-16-10-7-8-11-17(16)32-23/h7-8,10-11H,3-6,9,12-15,24H2,1-2H3,(H,26,30,31). The Kier molecular flexibility index (Phi) is 8.76. The van der Waals surface area contributed by atoms with E-state index < -0.39 is 11.2 Å². The number of nitrogens with one attached hydrogen (secondary N) is 1. The second kappa shape index (κ2) is 11.7. The zero-order valence-corrected chi connectivity index (χ0v) is 20.0. The monoisotopic (exact) mass is 473 g/mol. The molecule has 0 saturated carbocycles. The molecule has 0 spiro atoms. The molecule has 0 bridgehead atoms. The van der Waals surface area contributed by atoms with Crippen LogP contribution in [-0.2, 0) is 11.3 Å². The molecule has 9 nitrogen and oxygen atoms in total. The summed E-state index contributed by atoms with van der Waals surface area (Å²) in [4.78, 5) is 46.2. The Balaban J connectivity index is 1.70. The summed E-state index contributed by atoms with van der Waals surface area (Å²) in [7, 11) is 0. The molecule has 1 aromatic carbocycles. The van der Waals surface area contributed by atoms with Crippen molar-refractivity contribution in [3.05, 3.63) is 45.1 Å². The first-order chi connectivity index (χ1) is 16.0. The zero-order chi connectivity index (χ0) is 23.8. The van der Waals surface area contributed by atoms with Crippen LogP contribution >= 0.6 is 11.8 Å². The highest BCUT2D eigenvalue weighted by Gasteiger charge is 2.23. The van der Waals surface area contributed by atoms with Crippen LogP contribution in [0.1, 0.15) is 52.4 Å². The van der Waals surface area contributed by atoms with Crippen molar-refractivity contribution in [1.82, 2.24) is 14.5 Å². The fraction of sp³-hybridized carbons (Fsp3) is 0.478. The number of nitrogens with two attached hydrogens (primary N) is 1. The summed E-state index contributed by atoms with van der Waals surface area (Å²) in [5.74, 6) is 0.490. The molecular formula is C23H31N5O4S. The van der Waals surface area contributed by atoms with E-state index in [0.29, 0.717) is 30.5 Å². The van der Waals surface area contributed by atoms with Crippen LogP contribution in [-0.4, -0.2) is 32.7 Å². The van der Waals surface area contributed by atoms with Crippen molar-refractivity contribution < 1.29 is 9.21 Å². The lowest BCUT2D eigenvalue weighted by Crippen LogP contribution is -2.41. The Hall–Kier alpha value is -3.01. The summed E-state index contributed by atoms with van der Waals surface area (Å²) in [5, 5.41) is 0.565. The van der Waals surface area contributed by atoms with Gasteiger partial charge in [-0.2, -0.15) is 0 Å². The van der Waals surface area contributed by atoms with Gasteiger partial charge >= 0.3 is 5.69 Å². The molecular weight excluding hydrogens is 442 g/mol. The zero-order valence-electron chi connectivity index (χ0n) is 19.1. The van der Waals surface area contributed by atoms with Gasteiger partial charge in [0.05, 0.1) is 0 Å². The van der Waals surface area contributed by atoms with Crippen molar-refractivity contribution >= 4 is 40.3 Å². The molecule has 3 rings (SSSR count). The van der Waals surface area contributed by atoms with Crippen LogP contribution in [0.5, 0.6) is 0 Å². The number of fused-ring (bicyclic) bond motifs is 1. The molecule has 2 aromatic heterocycles. The van der Waals surface area contributed by atoms with Gasteiger partial charge in [-0.25, -0.2) is 9.78 Å². The quantitative estimate of drug-likeness (QED) is 0.303. The number of carbonyl (C=O) groups is 1. The van der Waals surface area contributed by atoms with Crippen molar-refractivity contribution in [1.29, 1.82) is 0 Å². The minimum Gasteiger partial charge on any atom is -0.431 e. The number of aromatic amines is 1. The first-order valence-electron chi connectivity index (χ1n) is 11.4. The van der Waals surface area contributed by atoms with Gasteiger partial charge in [-0.3, -0.25) is 19.1 Å². The number of hydrogen-bond donors (Lipinski definition) is 2. The lowest BCUT2D eigenvalue weighted by Gasteiger charge is -2.24. The Morgan fingerprint density at radius 1 is 1.18 bits per heavy atom. The lowest BCUT2D eigenvalue weighted by molar-refractivity contribution is -0.118. The molecule has 1 amide bonds. The highest BCUT2D eigenvalue weighted by Crippen LogP contribution is 2.25. The number of benzene rings is 1. The van der Waals surface area contributed by atoms with E-state index in [1.807, 2.05) is 38.1 Å². The second-order valence-corrected chi connectivity index (χ2v) is 8.84. The van der Waals surface area contributed by atoms with Gasteiger partial charge in [-0.15, -0.1) is 0 Å². The molecule has 0 aliphatic heterocycles. The molecule has 3 aromatic rings. The van der Waals surface area contributed by atoms with Gasteiger partial charge in [0, 0.05) is 25.3 Å². The predicted molar refractivity (Wildman–Crippen MR) is 132 cm³/mol. The second-order valence-electron chi connectivity index (χ2n) is 7.80. The van der Waals surface area contributed by atoms with E-state index in [-0.39, 0.29) is 23.8 Å². The molecule has 178 valence electrons. The molecule has 0 aliphatic rings. The minimum absolute atomic E-state index is 0.0440. The number of H-pyrrole nitrogens is 1. The number of anilines is 2. The topological polar surface area (TPSA) is 127 Å². The smallest absolute Gasteiger partial charge is 0.330 e. The lowest BCUT2D eigenvalue weighted by atomic mass is 10.2. The van der Waals surface area contributed by atoms with Crippen LogP contribution in [0.3, 0.4) is 0 Å². The molecule has 10 heteroatoms. The maximum absolute atomic E-state index is 13.1. The molecule has 0 aliphatic carbocycles. The molecule has 0 atom stereocenters. The van der Waals surface area contributed by atoms with E-state index >= 15 is 0 Å². The highest BCUT2D eigenvalue weighted by molar-refractivity contribution is 7.99. The number of carbonyl (C=O) groups excluding carboxylic acids is 1. The molecule has 3 N–H and O–H groups in total. The number of unbranched alkanes of at least 4 members (excludes halogenated alkanes) is 2. The average molecular weight is 474 g/mol. The molecule has 0 unspecified atom stereocenters. The van der Waals surface area contributed by atoms with Crippen molar-refractivity contribution in [2.24, 2.45) is 0 Å². The third-order valence-corrected chi connectivity index (χ3v) is 6.20. The van der Waals surface area contributed by atoms with E-state index in [4.69, 9.17) is 10.2 Å². The predicted octanol–water partition coefficient (Wildman–Crippen LogP) is 3.77. The molecule has 33 heavy (non-hydrogen) atoms. The van der Waals surface area contributed by atoms with E-state index in [2.05, 4.69) is 9.97 Å². The number of aromatic nitrogens is 3. The van der Waals surface area contributed by atoms with Gasteiger partial charge < -0.3 is 15.1 Å². The number of nitrogen functional groups attached to an aromatic ring is 1. The van der Waals surface area contributed by atoms with Gasteiger partial charge in [0.15, 0.2) is 11.3 Å². The maximum atomic E-state index is 13.1. The summed E-state index contributed by atoms with van der Waals surface area (Å²) in [6.45, 7) is 4.77. The van der Waals surface area contributed by atoms with Gasteiger partial charge in [-0.1, -0.05) is 50.6 Å². The normalized spacial score (nSPS) is 11.2.